The van der Waals surface area contributed by atoms with E-state index >= 15 is 0 Å². The first-order valence-electron chi connectivity index (χ1n) is 11.8. The highest BCUT2D eigenvalue weighted by molar-refractivity contribution is 4.82. The van der Waals surface area contributed by atoms with E-state index in [1.165, 1.54) is 25.7 Å². The Hall–Kier alpha value is -0.160. The molecule has 2 atom stereocenters. The monoisotopic (exact) mass is 400 g/mol. The second-order valence-corrected chi connectivity index (χ2v) is 10.4. The maximum Gasteiger partial charge on any atom is 0.234 e. The summed E-state index contributed by atoms with van der Waals surface area (Å²) in [5, 5.41) is 0. The fraction of sp³-hybridized carbons (Fsp3) is 1.00. The Labute approximate surface area is 174 Å². The van der Waals surface area contributed by atoms with Crippen LogP contribution in [0.5, 0.6) is 0 Å². The van der Waals surface area contributed by atoms with Crippen LogP contribution in [0.25, 0.3) is 0 Å². The molecule has 0 aliphatic heterocycles. The van der Waals surface area contributed by atoms with Crippen molar-refractivity contribution in [3.8, 4) is 0 Å². The Morgan fingerprint density at radius 3 is 1.61 bits per heavy atom. The van der Waals surface area contributed by atoms with Crippen molar-refractivity contribution < 1.29 is 19.6 Å². The summed E-state index contributed by atoms with van der Waals surface area (Å²) in [5.41, 5.74) is -0.650. The molecule has 0 N–H and O–H groups in total. The van der Waals surface area contributed by atoms with Gasteiger partial charge in [0.2, 0.25) is 5.79 Å². The molecule has 1 fully saturated rings. The van der Waals surface area contributed by atoms with Gasteiger partial charge in [0.05, 0.1) is 11.2 Å². The molecule has 4 heteroatoms. The molecule has 1 aliphatic rings. The summed E-state index contributed by atoms with van der Waals surface area (Å²) in [6.07, 6.45) is 11.8. The lowest BCUT2D eigenvalue weighted by molar-refractivity contribution is -0.550. The lowest BCUT2D eigenvalue weighted by atomic mass is 9.78. The molecule has 0 heterocycles. The first kappa shape index (κ1) is 25.9. The van der Waals surface area contributed by atoms with Gasteiger partial charge in [-0.25, -0.2) is 9.78 Å². The van der Waals surface area contributed by atoms with E-state index < -0.39 is 5.79 Å². The van der Waals surface area contributed by atoms with Crippen LogP contribution in [0.1, 0.15) is 126 Å². The average molecular weight is 401 g/mol. The summed E-state index contributed by atoms with van der Waals surface area (Å²) in [4.78, 5) is 24.0. The van der Waals surface area contributed by atoms with Crippen molar-refractivity contribution in [2.75, 3.05) is 0 Å². The lowest BCUT2D eigenvalue weighted by Gasteiger charge is -2.42. The van der Waals surface area contributed by atoms with Gasteiger partial charge in [0.25, 0.3) is 0 Å². The lowest BCUT2D eigenvalue weighted by Crippen LogP contribution is -2.46. The van der Waals surface area contributed by atoms with E-state index in [0.717, 1.165) is 44.9 Å². The summed E-state index contributed by atoms with van der Waals surface area (Å²) in [5.74, 6) is 0.360. The largest absolute Gasteiger partial charge is 0.234 e. The molecule has 4 nitrogen and oxygen atoms in total. The highest BCUT2D eigenvalue weighted by Crippen LogP contribution is 2.41. The molecule has 0 aromatic rings. The molecular formula is C24H48O4. The number of hydrogen-bond donors (Lipinski definition) is 0. The van der Waals surface area contributed by atoms with Crippen LogP contribution in [0.15, 0.2) is 0 Å². The maximum atomic E-state index is 6.06. The molecule has 0 aromatic carbocycles. The van der Waals surface area contributed by atoms with E-state index in [1.807, 2.05) is 0 Å². The third-order valence-electron chi connectivity index (χ3n) is 6.19. The van der Waals surface area contributed by atoms with Gasteiger partial charge in [-0.1, -0.05) is 66.2 Å². The van der Waals surface area contributed by atoms with Gasteiger partial charge in [0.15, 0.2) is 0 Å². The van der Waals surface area contributed by atoms with Crippen molar-refractivity contribution in [3.63, 3.8) is 0 Å². The molecule has 0 saturated heterocycles. The van der Waals surface area contributed by atoms with Crippen molar-refractivity contribution >= 4 is 0 Å². The zero-order valence-corrected chi connectivity index (χ0v) is 20.1. The summed E-state index contributed by atoms with van der Waals surface area (Å²) in [6.45, 7) is 17.4. The molecule has 28 heavy (non-hydrogen) atoms. The number of unbranched alkanes of at least 4 members (excludes halogenated alkanes) is 4. The molecule has 0 radical (unpaired) electrons. The molecular weight excluding hydrogens is 352 g/mol. The molecule has 2 unspecified atom stereocenters. The van der Waals surface area contributed by atoms with Crippen LogP contribution < -0.4 is 0 Å². The topological polar surface area (TPSA) is 36.9 Å². The molecule has 1 rings (SSSR count). The van der Waals surface area contributed by atoms with E-state index in [1.54, 1.807) is 0 Å². The molecule has 0 bridgehead atoms. The minimum absolute atomic E-state index is 0.325. The van der Waals surface area contributed by atoms with Gasteiger partial charge < -0.3 is 0 Å². The molecule has 0 amide bonds. The van der Waals surface area contributed by atoms with Crippen LogP contribution in [0, 0.1) is 11.8 Å². The van der Waals surface area contributed by atoms with Crippen LogP contribution >= 0.6 is 0 Å². The van der Waals surface area contributed by atoms with Crippen molar-refractivity contribution in [2.45, 2.75) is 143 Å². The van der Waals surface area contributed by atoms with Gasteiger partial charge in [-0.15, -0.1) is 0 Å². The Morgan fingerprint density at radius 1 is 0.750 bits per heavy atom. The summed E-state index contributed by atoms with van der Waals surface area (Å²) < 4.78 is 0. The van der Waals surface area contributed by atoms with Crippen molar-refractivity contribution in [3.05, 3.63) is 0 Å². The number of hydrogen-bond acceptors (Lipinski definition) is 4. The minimum atomic E-state index is -0.810. The smallest absolute Gasteiger partial charge is 0.228 e. The predicted molar refractivity (Wildman–Crippen MR) is 116 cm³/mol. The molecule has 0 spiro atoms. The van der Waals surface area contributed by atoms with Gasteiger partial charge in [-0.2, -0.15) is 9.78 Å². The summed E-state index contributed by atoms with van der Waals surface area (Å²) >= 11 is 0. The van der Waals surface area contributed by atoms with E-state index in [9.17, 15) is 0 Å². The predicted octanol–water partition coefficient (Wildman–Crippen LogP) is 7.75. The van der Waals surface area contributed by atoms with E-state index in [0.29, 0.717) is 11.8 Å². The zero-order valence-electron chi connectivity index (χ0n) is 20.1. The highest BCUT2D eigenvalue weighted by atomic mass is 17.3. The van der Waals surface area contributed by atoms with Crippen LogP contribution in [-0.4, -0.2) is 17.0 Å². The van der Waals surface area contributed by atoms with Crippen molar-refractivity contribution in [2.24, 2.45) is 11.8 Å². The first-order chi connectivity index (χ1) is 13.0. The van der Waals surface area contributed by atoms with Crippen LogP contribution in [0.4, 0.5) is 0 Å². The Morgan fingerprint density at radius 2 is 1.21 bits per heavy atom. The molecule has 1 saturated carbocycles. The first-order valence-corrected chi connectivity index (χ1v) is 11.8. The maximum absolute atomic E-state index is 6.06. The van der Waals surface area contributed by atoms with Gasteiger partial charge in [0.1, 0.15) is 0 Å². The fourth-order valence-corrected chi connectivity index (χ4v) is 3.75. The third-order valence-corrected chi connectivity index (χ3v) is 6.19. The standard InChI is InChI=1S/C24H48O4/c1-9-11-13-16-22(5,6)25-27-24(18-15-20(3)21(4)19-24)28-26-23(7,8)17-14-12-10-2/h20-21H,9-19H2,1-8H3. The quantitative estimate of drug-likeness (QED) is 0.129. The number of rotatable bonds is 14. The second kappa shape index (κ2) is 11.9. The minimum Gasteiger partial charge on any atom is -0.228 e. The Kier molecular flexibility index (Phi) is 11.0. The van der Waals surface area contributed by atoms with Crippen LogP contribution in [-0.2, 0) is 19.6 Å². The van der Waals surface area contributed by atoms with E-state index in [2.05, 4.69) is 55.4 Å². The molecule has 168 valence electrons. The summed E-state index contributed by atoms with van der Waals surface area (Å²) in [6, 6.07) is 0. The van der Waals surface area contributed by atoms with Crippen molar-refractivity contribution in [1.29, 1.82) is 0 Å². The second-order valence-electron chi connectivity index (χ2n) is 10.4. The van der Waals surface area contributed by atoms with Gasteiger partial charge in [0, 0.05) is 12.8 Å². The Balaban J connectivity index is 2.70. The fourth-order valence-electron chi connectivity index (χ4n) is 3.75. The third kappa shape index (κ3) is 9.56. The van der Waals surface area contributed by atoms with E-state index in [-0.39, 0.29) is 11.2 Å². The van der Waals surface area contributed by atoms with Gasteiger partial charge in [-0.05, 0) is 58.8 Å². The average Bonchev–Trinajstić information content (AvgIpc) is 2.62. The highest BCUT2D eigenvalue weighted by Gasteiger charge is 2.45. The summed E-state index contributed by atoms with van der Waals surface area (Å²) in [7, 11) is 0. The zero-order chi connectivity index (χ0) is 21.3. The van der Waals surface area contributed by atoms with Crippen LogP contribution in [0.2, 0.25) is 0 Å². The molecule has 1 aliphatic carbocycles. The SMILES string of the molecule is CCCCCC(C)(C)OOC1(OOC(C)(C)CCCCC)CCC(C)C(C)C1. The van der Waals surface area contributed by atoms with Gasteiger partial charge >= 0.3 is 0 Å². The van der Waals surface area contributed by atoms with E-state index in [4.69, 9.17) is 19.6 Å². The Bertz CT molecular complexity index is 393. The van der Waals surface area contributed by atoms with Crippen molar-refractivity contribution in [1.82, 2.24) is 0 Å². The van der Waals surface area contributed by atoms with Gasteiger partial charge in [-0.3, -0.25) is 0 Å². The normalized spacial score (nSPS) is 23.1. The molecule has 0 aromatic heterocycles. The van der Waals surface area contributed by atoms with Crippen LogP contribution in [0.3, 0.4) is 0 Å².